The van der Waals surface area contributed by atoms with Crippen molar-refractivity contribution in [2.24, 2.45) is 7.05 Å². The average Bonchev–Trinajstić information content (AvgIpc) is 3.00. The van der Waals surface area contributed by atoms with Gasteiger partial charge in [-0.25, -0.2) is 4.57 Å². The first-order valence-corrected chi connectivity index (χ1v) is 7.47. The van der Waals surface area contributed by atoms with Crippen LogP contribution in [0.3, 0.4) is 0 Å². The van der Waals surface area contributed by atoms with Crippen LogP contribution >= 0.6 is 0 Å². The molecule has 0 amide bonds. The monoisotopic (exact) mass is 336 g/mol. The molecule has 0 N–H and O–H groups in total. The lowest BCUT2D eigenvalue weighted by molar-refractivity contribution is 0.414. The lowest BCUT2D eigenvalue weighted by atomic mass is 10.1. The van der Waals surface area contributed by atoms with Gasteiger partial charge < -0.3 is 4.74 Å². The van der Waals surface area contributed by atoms with Crippen LogP contribution in [0.25, 0.3) is 27.2 Å². The highest BCUT2D eigenvalue weighted by molar-refractivity contribution is 5.98. The lowest BCUT2D eigenvalue weighted by Crippen LogP contribution is -2.23. The van der Waals surface area contributed by atoms with Crippen molar-refractivity contribution in [3.05, 3.63) is 77.8 Å². The number of aromatic nitrogens is 2. The third-order valence-electron chi connectivity index (χ3n) is 4.41. The maximum Gasteiger partial charge on any atom is 0.266 e. The molecule has 7 heteroatoms. The smallest absolute Gasteiger partial charge is 0.266 e. The highest BCUT2D eigenvalue weighted by atomic mass is 16.5. The Hall–Kier alpha value is -3.48. The van der Waals surface area contributed by atoms with E-state index in [9.17, 15) is 19.2 Å². The summed E-state index contributed by atoms with van der Waals surface area (Å²) in [7, 11) is 2.85. The van der Waals surface area contributed by atoms with Crippen LogP contribution in [-0.4, -0.2) is 16.2 Å². The number of rotatable bonds is 2. The van der Waals surface area contributed by atoms with Gasteiger partial charge in [-0.2, -0.15) is 0 Å². The number of methoxy groups -OCH3 is 1. The van der Waals surface area contributed by atoms with E-state index in [1.54, 1.807) is 24.3 Å². The molecule has 0 bridgehead atoms. The number of ether oxygens (including phenoxy) is 1. The van der Waals surface area contributed by atoms with E-state index in [2.05, 4.69) is 0 Å². The molecule has 2 aromatic heterocycles. The predicted octanol–water partition coefficient (Wildman–Crippen LogP) is 0.447. The first-order valence-electron chi connectivity index (χ1n) is 7.47. The predicted molar refractivity (Wildman–Crippen MR) is 93.8 cm³/mol. The largest absolute Gasteiger partial charge is 0.497 e. The molecule has 0 unspecified atom stereocenters. The molecular weight excluding hydrogens is 324 g/mol. The van der Waals surface area contributed by atoms with Crippen LogP contribution < -0.4 is 27.0 Å². The molecule has 0 aliphatic rings. The van der Waals surface area contributed by atoms with Gasteiger partial charge in [-0.05, 0) is 24.3 Å². The van der Waals surface area contributed by atoms with Crippen molar-refractivity contribution in [2.45, 2.75) is 0 Å². The molecule has 0 fully saturated rings. The van der Waals surface area contributed by atoms with Gasteiger partial charge in [0.2, 0.25) is 0 Å². The highest BCUT2D eigenvalue weighted by Crippen LogP contribution is 2.18. The van der Waals surface area contributed by atoms with Crippen LogP contribution in [0.4, 0.5) is 0 Å². The Morgan fingerprint density at radius 3 is 1.80 bits per heavy atom. The summed E-state index contributed by atoms with van der Waals surface area (Å²) in [4.78, 5) is 49.7. The maximum atomic E-state index is 12.7. The summed E-state index contributed by atoms with van der Waals surface area (Å²) in [5, 5.41) is 0.505. The summed E-state index contributed by atoms with van der Waals surface area (Å²) >= 11 is 0. The van der Waals surface area contributed by atoms with E-state index in [1.165, 1.54) is 26.3 Å². The minimum atomic E-state index is -0.536. The van der Waals surface area contributed by atoms with Gasteiger partial charge >= 0.3 is 0 Å². The van der Waals surface area contributed by atoms with E-state index in [-0.39, 0.29) is 21.5 Å². The Bertz CT molecular complexity index is 1290. The van der Waals surface area contributed by atoms with Gasteiger partial charge in [-0.1, -0.05) is 6.07 Å². The Morgan fingerprint density at radius 1 is 0.760 bits per heavy atom. The quantitative estimate of drug-likeness (QED) is 0.530. The zero-order valence-corrected chi connectivity index (χ0v) is 13.4. The Balaban J connectivity index is 2.15. The van der Waals surface area contributed by atoms with Crippen molar-refractivity contribution in [1.82, 2.24) is 9.13 Å². The first-order chi connectivity index (χ1) is 11.9. The first kappa shape index (κ1) is 15.1. The summed E-state index contributed by atoms with van der Waals surface area (Å²) < 4.78 is 7.10. The molecule has 0 saturated heterocycles. The molecule has 0 saturated carbocycles. The third kappa shape index (κ3) is 1.92. The van der Waals surface area contributed by atoms with Gasteiger partial charge in [0.25, 0.3) is 22.2 Å². The molecule has 4 aromatic rings. The molecule has 2 heterocycles. The van der Waals surface area contributed by atoms with Gasteiger partial charge in [0.05, 0.1) is 34.3 Å². The lowest BCUT2D eigenvalue weighted by Gasteiger charge is -2.03. The van der Waals surface area contributed by atoms with Crippen molar-refractivity contribution in [3.8, 4) is 11.4 Å². The Morgan fingerprint density at radius 2 is 1.28 bits per heavy atom. The molecule has 0 spiro atoms. The fourth-order valence-electron chi connectivity index (χ4n) is 3.08. The van der Waals surface area contributed by atoms with E-state index in [0.29, 0.717) is 11.4 Å². The number of hydrogen-bond donors (Lipinski definition) is 0. The minimum Gasteiger partial charge on any atom is -0.497 e. The molecule has 25 heavy (non-hydrogen) atoms. The van der Waals surface area contributed by atoms with Gasteiger partial charge in [0.1, 0.15) is 5.75 Å². The fraction of sp³-hybridized carbons (Fsp3) is 0.111. The third-order valence-corrected chi connectivity index (χ3v) is 4.41. The van der Waals surface area contributed by atoms with Crippen molar-refractivity contribution in [3.63, 3.8) is 0 Å². The zero-order chi connectivity index (χ0) is 17.9. The van der Waals surface area contributed by atoms with Crippen LogP contribution in [0.5, 0.6) is 5.75 Å². The van der Waals surface area contributed by atoms with E-state index in [1.807, 2.05) is 0 Å². The second kappa shape index (κ2) is 5.01. The molecule has 124 valence electrons. The molecule has 0 aliphatic carbocycles. The minimum absolute atomic E-state index is 0.114. The average molecular weight is 336 g/mol. The van der Waals surface area contributed by atoms with Crippen LogP contribution in [0.2, 0.25) is 0 Å². The molecular formula is C18H12N2O5. The van der Waals surface area contributed by atoms with Gasteiger partial charge in [0.15, 0.2) is 0 Å². The van der Waals surface area contributed by atoms with E-state index < -0.39 is 22.2 Å². The van der Waals surface area contributed by atoms with Gasteiger partial charge in [-0.15, -0.1) is 0 Å². The fourth-order valence-corrected chi connectivity index (χ4v) is 3.08. The summed E-state index contributed by atoms with van der Waals surface area (Å²) in [6.45, 7) is 0. The molecule has 0 atom stereocenters. The Labute approximate surface area is 139 Å². The molecule has 2 aromatic carbocycles. The van der Waals surface area contributed by atoms with E-state index in [4.69, 9.17) is 4.74 Å². The standard InChI is InChI=1S/C18H12N2O5/c1-19-15(21)11-7-13-14(8-12(11)16(19)22)18(24)20(17(13)23)9-4-3-5-10(6-9)25-2/h3-8H,1-2H3. The highest BCUT2D eigenvalue weighted by Gasteiger charge is 2.19. The summed E-state index contributed by atoms with van der Waals surface area (Å²) in [5.74, 6) is 0.503. The molecule has 7 nitrogen and oxygen atoms in total. The van der Waals surface area contributed by atoms with Crippen LogP contribution in [-0.2, 0) is 7.05 Å². The molecule has 0 radical (unpaired) electrons. The molecule has 4 rings (SSSR count). The van der Waals surface area contributed by atoms with Gasteiger partial charge in [0, 0.05) is 13.1 Å². The number of benzene rings is 2. The number of hydrogen-bond acceptors (Lipinski definition) is 5. The summed E-state index contributed by atoms with van der Waals surface area (Å²) in [6.07, 6.45) is 0. The maximum absolute atomic E-state index is 12.7. The van der Waals surface area contributed by atoms with Crippen LogP contribution in [0.1, 0.15) is 0 Å². The second-order valence-corrected chi connectivity index (χ2v) is 5.76. The SMILES string of the molecule is COc1cccc(-n2c(=O)c3cc4c(=O)n(C)c(=O)c4cc3c2=O)c1. The van der Waals surface area contributed by atoms with Crippen molar-refractivity contribution in [2.75, 3.05) is 7.11 Å². The summed E-state index contributed by atoms with van der Waals surface area (Å²) in [6, 6.07) is 9.20. The number of fused-ring (bicyclic) bond motifs is 2. The second-order valence-electron chi connectivity index (χ2n) is 5.76. The Kier molecular flexibility index (Phi) is 3.02. The van der Waals surface area contributed by atoms with Crippen molar-refractivity contribution in [1.29, 1.82) is 0 Å². The van der Waals surface area contributed by atoms with E-state index >= 15 is 0 Å². The summed E-state index contributed by atoms with van der Waals surface area (Å²) in [5.41, 5.74) is -1.68. The topological polar surface area (TPSA) is 87.4 Å². The van der Waals surface area contributed by atoms with Gasteiger partial charge in [-0.3, -0.25) is 23.7 Å². The van der Waals surface area contributed by atoms with Crippen molar-refractivity contribution >= 4 is 21.5 Å². The number of nitrogens with zero attached hydrogens (tertiary/aromatic N) is 2. The van der Waals surface area contributed by atoms with E-state index in [0.717, 1.165) is 9.13 Å². The van der Waals surface area contributed by atoms with Crippen LogP contribution in [0, 0.1) is 0 Å². The molecule has 0 aliphatic heterocycles. The zero-order valence-electron chi connectivity index (χ0n) is 13.4. The van der Waals surface area contributed by atoms with Crippen LogP contribution in [0.15, 0.2) is 55.6 Å². The normalized spacial score (nSPS) is 11.4. The van der Waals surface area contributed by atoms with Crippen molar-refractivity contribution < 1.29 is 4.74 Å².